The maximum atomic E-state index is 13.5. The van der Waals surface area contributed by atoms with E-state index >= 15 is 0 Å². The third kappa shape index (κ3) is 3.87. The molecule has 1 atom stereocenters. The number of aryl methyl sites for hydroxylation is 1. The van der Waals surface area contributed by atoms with Crippen LogP contribution < -0.4 is 5.32 Å². The number of hydrogen-bond donors (Lipinski definition) is 2. The number of nitrogens with one attached hydrogen (secondary N) is 1. The Morgan fingerprint density at radius 2 is 1.79 bits per heavy atom. The van der Waals surface area contributed by atoms with E-state index in [1.54, 1.807) is 13.0 Å². The molecule has 0 heterocycles. The highest BCUT2D eigenvalue weighted by atomic mass is 19.1. The van der Waals surface area contributed by atoms with Crippen molar-refractivity contribution in [2.24, 2.45) is 0 Å². The van der Waals surface area contributed by atoms with Crippen LogP contribution in [-0.4, -0.2) is 23.1 Å². The summed E-state index contributed by atoms with van der Waals surface area (Å²) in [5, 5.41) is 11.8. The second-order valence-corrected chi connectivity index (χ2v) is 5.15. The molecule has 2 rings (SSSR count). The number of rotatable bonds is 4. The van der Waals surface area contributed by atoms with Gasteiger partial charge in [0.25, 0.3) is 5.91 Å². The average Bonchev–Trinajstić information content (AvgIpc) is 2.50. The number of phenolic OH excluding ortho intramolecular Hbond substituents is 1. The third-order valence-corrected chi connectivity index (χ3v) is 3.24. The smallest absolute Gasteiger partial charge is 0.342 e. The molecule has 0 aliphatic carbocycles. The molecule has 1 amide bonds. The van der Waals surface area contributed by atoms with Crippen molar-refractivity contribution in [3.05, 3.63) is 59.2 Å². The van der Waals surface area contributed by atoms with Crippen molar-refractivity contribution in [3.63, 3.8) is 0 Å². The Hall–Kier alpha value is -2.96. The van der Waals surface area contributed by atoms with E-state index in [1.165, 1.54) is 19.1 Å². The van der Waals surface area contributed by atoms with Crippen LogP contribution in [0.1, 0.15) is 22.8 Å². The van der Waals surface area contributed by atoms with Crippen LogP contribution in [0.3, 0.4) is 0 Å². The lowest BCUT2D eigenvalue weighted by molar-refractivity contribution is -0.123. The predicted octanol–water partition coefficient (Wildman–Crippen LogP) is 3.16. The molecule has 0 aliphatic heterocycles. The monoisotopic (exact) mass is 335 g/mol. The first-order valence-electron chi connectivity index (χ1n) is 7.05. The Balaban J connectivity index is 2.07. The summed E-state index contributed by atoms with van der Waals surface area (Å²) in [6, 6.07) is 7.45. The number of amides is 1. The van der Waals surface area contributed by atoms with Crippen molar-refractivity contribution in [1.29, 1.82) is 0 Å². The average molecular weight is 335 g/mol. The Kier molecular flexibility index (Phi) is 5.13. The fourth-order valence-corrected chi connectivity index (χ4v) is 1.93. The molecule has 7 heteroatoms. The maximum absolute atomic E-state index is 13.5. The number of benzene rings is 2. The highest BCUT2D eigenvalue weighted by Crippen LogP contribution is 2.21. The van der Waals surface area contributed by atoms with E-state index in [-0.39, 0.29) is 11.3 Å². The Morgan fingerprint density at radius 1 is 1.17 bits per heavy atom. The standard InChI is InChI=1S/C17H15F2NO4/c1-9-6-7-11(14(21)8-9)17(23)24-10(2)16(22)20-15-12(18)4-3-5-13(15)19/h3-8,10,21H,1-2H3,(H,20,22)/t10-/m1/s1. The lowest BCUT2D eigenvalue weighted by atomic mass is 10.1. The van der Waals surface area contributed by atoms with Gasteiger partial charge in [-0.2, -0.15) is 0 Å². The minimum atomic E-state index is -1.32. The number of para-hydroxylation sites is 1. The van der Waals surface area contributed by atoms with Gasteiger partial charge >= 0.3 is 5.97 Å². The summed E-state index contributed by atoms with van der Waals surface area (Å²) in [4.78, 5) is 23.9. The summed E-state index contributed by atoms with van der Waals surface area (Å²) in [6.07, 6.45) is -1.32. The molecule has 0 aliphatic rings. The number of phenols is 1. The fourth-order valence-electron chi connectivity index (χ4n) is 1.93. The summed E-state index contributed by atoms with van der Waals surface area (Å²) >= 11 is 0. The molecule has 0 aromatic heterocycles. The molecule has 0 fully saturated rings. The number of esters is 1. The molecular formula is C17H15F2NO4. The van der Waals surface area contributed by atoms with Crippen LogP contribution in [0.2, 0.25) is 0 Å². The van der Waals surface area contributed by atoms with E-state index in [9.17, 15) is 23.5 Å². The summed E-state index contributed by atoms with van der Waals surface area (Å²) in [5.41, 5.74) is 0.00535. The van der Waals surface area contributed by atoms with Crippen LogP contribution in [-0.2, 0) is 9.53 Å². The van der Waals surface area contributed by atoms with Gasteiger partial charge < -0.3 is 15.2 Å². The Bertz CT molecular complexity index is 772. The first kappa shape index (κ1) is 17.4. The number of carbonyl (C=O) groups is 2. The molecule has 0 radical (unpaired) electrons. The molecule has 0 spiro atoms. The molecular weight excluding hydrogens is 320 g/mol. The number of anilines is 1. The topological polar surface area (TPSA) is 75.6 Å². The first-order chi connectivity index (χ1) is 11.3. The zero-order chi connectivity index (χ0) is 17.9. The Morgan fingerprint density at radius 3 is 2.38 bits per heavy atom. The normalized spacial score (nSPS) is 11.7. The van der Waals surface area contributed by atoms with Crippen molar-refractivity contribution < 1.29 is 28.2 Å². The van der Waals surface area contributed by atoms with Crippen LogP contribution in [0.15, 0.2) is 36.4 Å². The van der Waals surface area contributed by atoms with E-state index in [2.05, 4.69) is 0 Å². The number of halogens is 2. The molecule has 5 nitrogen and oxygen atoms in total. The van der Waals surface area contributed by atoms with Gasteiger partial charge in [-0.05, 0) is 43.7 Å². The quantitative estimate of drug-likeness (QED) is 0.842. The Labute approximate surface area is 136 Å². The van der Waals surface area contributed by atoms with Crippen LogP contribution in [0.4, 0.5) is 14.5 Å². The largest absolute Gasteiger partial charge is 0.507 e. The summed E-state index contributed by atoms with van der Waals surface area (Å²) in [7, 11) is 0. The summed E-state index contributed by atoms with van der Waals surface area (Å²) in [6.45, 7) is 2.98. The zero-order valence-electron chi connectivity index (χ0n) is 13.0. The summed E-state index contributed by atoms with van der Waals surface area (Å²) in [5.74, 6) is -4.01. The highest BCUT2D eigenvalue weighted by Gasteiger charge is 2.22. The number of aromatic hydroxyl groups is 1. The number of hydrogen-bond acceptors (Lipinski definition) is 4. The van der Waals surface area contributed by atoms with Gasteiger partial charge in [0.15, 0.2) is 6.10 Å². The minimum Gasteiger partial charge on any atom is -0.507 e. The van der Waals surface area contributed by atoms with Gasteiger partial charge in [0, 0.05) is 0 Å². The van der Waals surface area contributed by atoms with Crippen molar-refractivity contribution in [1.82, 2.24) is 0 Å². The molecule has 2 N–H and O–H groups in total. The van der Waals surface area contributed by atoms with E-state index < -0.39 is 35.3 Å². The van der Waals surface area contributed by atoms with Crippen LogP contribution >= 0.6 is 0 Å². The van der Waals surface area contributed by atoms with Crippen molar-refractivity contribution in [2.75, 3.05) is 5.32 Å². The van der Waals surface area contributed by atoms with E-state index in [0.29, 0.717) is 0 Å². The molecule has 126 valence electrons. The van der Waals surface area contributed by atoms with Crippen LogP contribution in [0, 0.1) is 18.6 Å². The molecule has 2 aromatic rings. The van der Waals surface area contributed by atoms with Crippen molar-refractivity contribution in [2.45, 2.75) is 20.0 Å². The molecule has 0 saturated carbocycles. The van der Waals surface area contributed by atoms with Crippen LogP contribution in [0.25, 0.3) is 0 Å². The lowest BCUT2D eigenvalue weighted by Gasteiger charge is -2.14. The molecule has 0 unspecified atom stereocenters. The number of carbonyl (C=O) groups excluding carboxylic acids is 2. The molecule has 0 saturated heterocycles. The first-order valence-corrected chi connectivity index (χ1v) is 7.05. The number of ether oxygens (including phenoxy) is 1. The SMILES string of the molecule is Cc1ccc(C(=O)O[C@H](C)C(=O)Nc2c(F)cccc2F)c(O)c1. The van der Waals surface area contributed by atoms with Crippen molar-refractivity contribution in [3.8, 4) is 5.75 Å². The predicted molar refractivity (Wildman–Crippen MR) is 82.7 cm³/mol. The van der Waals surface area contributed by atoms with Gasteiger partial charge in [-0.3, -0.25) is 4.79 Å². The van der Waals surface area contributed by atoms with Gasteiger partial charge in [0.05, 0.1) is 0 Å². The van der Waals surface area contributed by atoms with E-state index in [0.717, 1.165) is 23.8 Å². The molecule has 2 aromatic carbocycles. The van der Waals surface area contributed by atoms with Crippen molar-refractivity contribution >= 4 is 17.6 Å². The second-order valence-electron chi connectivity index (χ2n) is 5.15. The fraction of sp³-hybridized carbons (Fsp3) is 0.176. The van der Waals surface area contributed by atoms with Gasteiger partial charge in [0.2, 0.25) is 0 Å². The zero-order valence-corrected chi connectivity index (χ0v) is 13.0. The lowest BCUT2D eigenvalue weighted by Crippen LogP contribution is -2.30. The van der Waals surface area contributed by atoms with Gasteiger partial charge in [0.1, 0.15) is 28.6 Å². The van der Waals surface area contributed by atoms with Gasteiger partial charge in [-0.15, -0.1) is 0 Å². The van der Waals surface area contributed by atoms with E-state index in [1.807, 2.05) is 5.32 Å². The summed E-state index contributed by atoms with van der Waals surface area (Å²) < 4.78 is 31.9. The van der Waals surface area contributed by atoms with Gasteiger partial charge in [-0.25, -0.2) is 13.6 Å². The molecule has 0 bridgehead atoms. The maximum Gasteiger partial charge on any atom is 0.342 e. The second kappa shape index (κ2) is 7.08. The van der Waals surface area contributed by atoms with Gasteiger partial charge in [-0.1, -0.05) is 12.1 Å². The molecule has 24 heavy (non-hydrogen) atoms. The minimum absolute atomic E-state index is 0.114. The highest BCUT2D eigenvalue weighted by molar-refractivity contribution is 5.98. The van der Waals surface area contributed by atoms with E-state index in [4.69, 9.17) is 4.74 Å². The third-order valence-electron chi connectivity index (χ3n) is 3.24. The van der Waals surface area contributed by atoms with Crippen LogP contribution in [0.5, 0.6) is 5.75 Å².